The molecule has 0 bridgehead atoms. The Morgan fingerprint density at radius 3 is 1.95 bits per heavy atom. The second kappa shape index (κ2) is 6.50. The van der Waals surface area contributed by atoms with Gasteiger partial charge in [0, 0.05) is 17.4 Å². The molecule has 0 atom stereocenters. The highest BCUT2D eigenvalue weighted by Crippen LogP contribution is 2.19. The van der Waals surface area contributed by atoms with Gasteiger partial charge in [0.05, 0.1) is 0 Å². The molecule has 0 aliphatic rings. The average Bonchev–Trinajstić information content (AvgIpc) is 2.26. The summed E-state index contributed by atoms with van der Waals surface area (Å²) in [5.41, 5.74) is 2.20. The van der Waals surface area contributed by atoms with Gasteiger partial charge in [-0.2, -0.15) is 0 Å². The van der Waals surface area contributed by atoms with Crippen molar-refractivity contribution in [1.82, 2.24) is 0 Å². The molecule has 1 aromatic carbocycles. The van der Waals surface area contributed by atoms with Gasteiger partial charge in [-0.05, 0) is 46.7 Å². The summed E-state index contributed by atoms with van der Waals surface area (Å²) in [4.78, 5) is 0. The molecule has 0 saturated heterocycles. The predicted molar refractivity (Wildman–Crippen MR) is 84.8 cm³/mol. The molecule has 0 amide bonds. The Morgan fingerprint density at radius 2 is 1.53 bits per heavy atom. The van der Waals surface area contributed by atoms with E-state index in [9.17, 15) is 0 Å². The molecule has 0 aromatic heterocycles. The first kappa shape index (κ1) is 16.2. The third-order valence-electron chi connectivity index (χ3n) is 2.80. The zero-order chi connectivity index (χ0) is 14.6. The maximum absolute atomic E-state index is 6.20. The highest BCUT2D eigenvalue weighted by atomic mass is 28.4. The minimum absolute atomic E-state index is 0.147. The minimum atomic E-state index is -2.42. The van der Waals surface area contributed by atoms with Crippen LogP contribution in [0.15, 0.2) is 30.8 Å². The summed E-state index contributed by atoms with van der Waals surface area (Å²) >= 11 is 0. The zero-order valence-corrected chi connectivity index (χ0v) is 14.0. The number of hydrogen-bond donors (Lipinski definition) is 0. The van der Waals surface area contributed by atoms with E-state index in [0.29, 0.717) is 0 Å². The standard InChI is InChI=1S/C16H26O2Si/c1-12(2)15-10-8-9-11-16(15)19(7,17-13(3)4)18-14(5)6/h8-11,13-14H,1H2,2-7H3. The molecular weight excluding hydrogens is 252 g/mol. The first-order valence-corrected chi connectivity index (χ1v) is 9.19. The van der Waals surface area contributed by atoms with Gasteiger partial charge < -0.3 is 8.85 Å². The van der Waals surface area contributed by atoms with Gasteiger partial charge in [-0.1, -0.05) is 36.4 Å². The largest absolute Gasteiger partial charge is 0.389 e. The fourth-order valence-electron chi connectivity index (χ4n) is 2.31. The quantitative estimate of drug-likeness (QED) is 0.736. The van der Waals surface area contributed by atoms with Gasteiger partial charge in [-0.25, -0.2) is 0 Å². The summed E-state index contributed by atoms with van der Waals surface area (Å²) in [5.74, 6) is 0. The maximum Gasteiger partial charge on any atom is 0.370 e. The van der Waals surface area contributed by atoms with Crippen LogP contribution in [-0.2, 0) is 8.85 Å². The van der Waals surface area contributed by atoms with Crippen molar-refractivity contribution in [3.63, 3.8) is 0 Å². The van der Waals surface area contributed by atoms with Crippen molar-refractivity contribution in [1.29, 1.82) is 0 Å². The van der Waals surface area contributed by atoms with Crippen LogP contribution in [0.2, 0.25) is 6.55 Å². The van der Waals surface area contributed by atoms with Crippen molar-refractivity contribution < 1.29 is 8.85 Å². The van der Waals surface area contributed by atoms with Gasteiger partial charge in [-0.3, -0.25) is 0 Å². The summed E-state index contributed by atoms with van der Waals surface area (Å²) in [6.45, 7) is 16.4. The van der Waals surface area contributed by atoms with Gasteiger partial charge >= 0.3 is 8.56 Å². The highest BCUT2D eigenvalue weighted by molar-refractivity contribution is 6.80. The lowest BCUT2D eigenvalue weighted by atomic mass is 10.1. The molecular formula is C16H26O2Si. The lowest BCUT2D eigenvalue weighted by molar-refractivity contribution is 0.120. The molecule has 0 saturated carbocycles. The first-order valence-electron chi connectivity index (χ1n) is 6.87. The van der Waals surface area contributed by atoms with Gasteiger partial charge in [0.15, 0.2) is 0 Å². The monoisotopic (exact) mass is 278 g/mol. The average molecular weight is 278 g/mol. The molecule has 1 rings (SSSR count). The summed E-state index contributed by atoms with van der Waals surface area (Å²) in [5, 5.41) is 1.17. The number of hydrogen-bond acceptors (Lipinski definition) is 2. The van der Waals surface area contributed by atoms with Crippen LogP contribution in [0, 0.1) is 0 Å². The van der Waals surface area contributed by atoms with Crippen molar-refractivity contribution >= 4 is 19.3 Å². The van der Waals surface area contributed by atoms with Crippen molar-refractivity contribution in [2.24, 2.45) is 0 Å². The Bertz CT molecular complexity index is 428. The van der Waals surface area contributed by atoms with Crippen molar-refractivity contribution in [3.8, 4) is 0 Å². The second-order valence-corrected chi connectivity index (χ2v) is 8.51. The third kappa shape index (κ3) is 4.30. The molecule has 106 valence electrons. The van der Waals surface area contributed by atoms with Crippen LogP contribution in [0.5, 0.6) is 0 Å². The van der Waals surface area contributed by atoms with Gasteiger partial charge in [0.25, 0.3) is 0 Å². The van der Waals surface area contributed by atoms with Gasteiger partial charge in [0.2, 0.25) is 0 Å². The molecule has 2 nitrogen and oxygen atoms in total. The SMILES string of the molecule is C=C(C)c1ccccc1[Si](C)(OC(C)C)OC(C)C. The lowest BCUT2D eigenvalue weighted by Crippen LogP contribution is -2.55. The third-order valence-corrected chi connectivity index (χ3v) is 6.05. The molecule has 0 aliphatic heterocycles. The minimum Gasteiger partial charge on any atom is -0.389 e. The molecule has 3 heteroatoms. The van der Waals surface area contributed by atoms with Crippen molar-refractivity contribution in [2.75, 3.05) is 0 Å². The van der Waals surface area contributed by atoms with E-state index in [4.69, 9.17) is 8.85 Å². The van der Waals surface area contributed by atoms with Crippen LogP contribution in [0.25, 0.3) is 5.57 Å². The summed E-state index contributed by atoms with van der Waals surface area (Å²) < 4.78 is 12.4. The lowest BCUT2D eigenvalue weighted by Gasteiger charge is -2.32. The fourth-order valence-corrected chi connectivity index (χ4v) is 5.60. The van der Waals surface area contributed by atoms with E-state index in [2.05, 4.69) is 53.0 Å². The normalized spacial score (nSPS) is 12.2. The van der Waals surface area contributed by atoms with E-state index in [0.717, 1.165) is 11.1 Å². The van der Waals surface area contributed by atoms with E-state index >= 15 is 0 Å². The molecule has 0 fully saturated rings. The fraction of sp³-hybridized carbons (Fsp3) is 0.500. The summed E-state index contributed by atoms with van der Waals surface area (Å²) in [6, 6.07) is 8.28. The van der Waals surface area contributed by atoms with Gasteiger partial charge in [0.1, 0.15) is 0 Å². The molecule has 0 radical (unpaired) electrons. The van der Waals surface area contributed by atoms with Crippen LogP contribution in [0.3, 0.4) is 0 Å². The molecule has 0 aliphatic carbocycles. The van der Waals surface area contributed by atoms with E-state index in [1.165, 1.54) is 5.19 Å². The van der Waals surface area contributed by atoms with E-state index in [1.54, 1.807) is 0 Å². The first-order chi connectivity index (χ1) is 8.76. The zero-order valence-electron chi connectivity index (χ0n) is 13.0. The Morgan fingerprint density at radius 1 is 1.05 bits per heavy atom. The summed E-state index contributed by atoms with van der Waals surface area (Å²) in [6.07, 6.45) is 0.294. The Balaban J connectivity index is 3.28. The van der Waals surface area contributed by atoms with E-state index in [-0.39, 0.29) is 12.2 Å². The number of allylic oxidation sites excluding steroid dienone is 1. The van der Waals surface area contributed by atoms with Crippen LogP contribution < -0.4 is 5.19 Å². The molecule has 0 heterocycles. The van der Waals surface area contributed by atoms with Crippen molar-refractivity contribution in [3.05, 3.63) is 36.4 Å². The second-order valence-electron chi connectivity index (χ2n) is 5.60. The topological polar surface area (TPSA) is 18.5 Å². The van der Waals surface area contributed by atoms with Crippen LogP contribution in [-0.4, -0.2) is 20.8 Å². The molecule has 0 spiro atoms. The van der Waals surface area contributed by atoms with Gasteiger partial charge in [-0.15, -0.1) is 0 Å². The van der Waals surface area contributed by atoms with Crippen LogP contribution >= 0.6 is 0 Å². The number of benzene rings is 1. The molecule has 0 unspecified atom stereocenters. The smallest absolute Gasteiger partial charge is 0.370 e. The highest BCUT2D eigenvalue weighted by Gasteiger charge is 2.38. The van der Waals surface area contributed by atoms with E-state index in [1.807, 2.05) is 19.1 Å². The summed E-state index contributed by atoms with van der Waals surface area (Å²) in [7, 11) is -2.42. The Kier molecular flexibility index (Phi) is 5.53. The Hall–Kier alpha value is -0.903. The van der Waals surface area contributed by atoms with Crippen LogP contribution in [0.1, 0.15) is 40.2 Å². The van der Waals surface area contributed by atoms with Crippen LogP contribution in [0.4, 0.5) is 0 Å². The number of rotatable bonds is 6. The predicted octanol–water partition coefficient (Wildman–Crippen LogP) is 3.85. The Labute approximate surface area is 118 Å². The van der Waals surface area contributed by atoms with E-state index < -0.39 is 8.56 Å². The molecule has 0 N–H and O–H groups in total. The maximum atomic E-state index is 6.20. The van der Waals surface area contributed by atoms with Crippen molar-refractivity contribution in [2.45, 2.75) is 53.4 Å². The molecule has 19 heavy (non-hydrogen) atoms. The molecule has 1 aromatic rings.